The van der Waals surface area contributed by atoms with E-state index in [-0.39, 0.29) is 17.2 Å². The second-order valence-electron chi connectivity index (χ2n) is 7.54. The van der Waals surface area contributed by atoms with Gasteiger partial charge in [0, 0.05) is 6.54 Å². The minimum atomic E-state index is -0.161. The monoisotopic (exact) mass is 475 g/mol. The summed E-state index contributed by atoms with van der Waals surface area (Å²) in [7, 11) is 0. The number of carbonyl (C=O) groups is 1. The maximum atomic E-state index is 13.2. The van der Waals surface area contributed by atoms with Crippen LogP contribution in [0.3, 0.4) is 0 Å². The molecule has 1 amide bonds. The Bertz CT molecular complexity index is 1470. The molecule has 0 aliphatic heterocycles. The number of hydrogen-bond donors (Lipinski definition) is 0. The lowest BCUT2D eigenvalue weighted by Gasteiger charge is -2.20. The van der Waals surface area contributed by atoms with Gasteiger partial charge in [0.25, 0.3) is 5.56 Å². The van der Waals surface area contributed by atoms with Gasteiger partial charge in [0.05, 0.1) is 42.3 Å². The van der Waals surface area contributed by atoms with Crippen molar-refractivity contribution in [1.29, 1.82) is 0 Å². The van der Waals surface area contributed by atoms with Gasteiger partial charge in [0.1, 0.15) is 11.5 Å². The summed E-state index contributed by atoms with van der Waals surface area (Å²) >= 11 is 1.26. The summed E-state index contributed by atoms with van der Waals surface area (Å²) < 4.78 is 14.2. The number of rotatable bonds is 9. The lowest BCUT2D eigenvalue weighted by atomic mass is 10.2. The summed E-state index contributed by atoms with van der Waals surface area (Å²) in [5, 5.41) is 9.60. The summed E-state index contributed by atoms with van der Waals surface area (Å²) in [5.41, 5.74) is 0.525. The van der Waals surface area contributed by atoms with E-state index in [2.05, 4.69) is 16.8 Å². The van der Waals surface area contributed by atoms with Crippen LogP contribution in [0.4, 0.5) is 0 Å². The fraction of sp³-hybridized carbons (Fsp3) is 0.167. The zero-order valence-corrected chi connectivity index (χ0v) is 19.0. The lowest BCUT2D eigenvalue weighted by molar-refractivity contribution is -0.130. The molecular weight excluding hydrogens is 454 g/mol. The van der Waals surface area contributed by atoms with E-state index in [0.29, 0.717) is 53.0 Å². The molecule has 0 unspecified atom stereocenters. The van der Waals surface area contributed by atoms with Crippen molar-refractivity contribution in [3.63, 3.8) is 0 Å². The number of para-hydroxylation sites is 1. The number of carbonyl (C=O) groups excluding carboxylic acids is 1. The number of nitrogens with zero attached hydrogens (tertiary/aromatic N) is 5. The van der Waals surface area contributed by atoms with Crippen molar-refractivity contribution in [3.05, 3.63) is 95.6 Å². The van der Waals surface area contributed by atoms with E-state index in [9.17, 15) is 9.59 Å². The number of aromatic nitrogens is 4. The average Bonchev–Trinajstić information content (AvgIpc) is 3.62. The van der Waals surface area contributed by atoms with Gasteiger partial charge in [-0.2, -0.15) is 0 Å². The van der Waals surface area contributed by atoms with Crippen molar-refractivity contribution in [2.24, 2.45) is 0 Å². The fourth-order valence-electron chi connectivity index (χ4n) is 3.75. The topological polar surface area (TPSA) is 98.8 Å². The molecule has 9 nitrogen and oxygen atoms in total. The highest BCUT2D eigenvalue weighted by Crippen LogP contribution is 2.23. The van der Waals surface area contributed by atoms with Crippen molar-refractivity contribution in [1.82, 2.24) is 24.1 Å². The first-order valence-electron chi connectivity index (χ1n) is 10.6. The van der Waals surface area contributed by atoms with Gasteiger partial charge in [-0.05, 0) is 36.4 Å². The molecular formula is C24H21N5O4S. The Morgan fingerprint density at radius 3 is 2.38 bits per heavy atom. The van der Waals surface area contributed by atoms with E-state index < -0.39 is 0 Å². The van der Waals surface area contributed by atoms with Crippen LogP contribution in [0.25, 0.3) is 16.7 Å². The number of thioether (sulfide) groups is 1. The SMILES string of the molecule is C=CCn1c(=O)c2ccccc2n2c(SCC(=O)N(Cc3ccco3)Cc3ccco3)nnc12. The van der Waals surface area contributed by atoms with Crippen LogP contribution in [0.15, 0.2) is 92.5 Å². The third-order valence-electron chi connectivity index (χ3n) is 5.32. The van der Waals surface area contributed by atoms with Crippen LogP contribution in [0, 0.1) is 0 Å². The van der Waals surface area contributed by atoms with E-state index in [4.69, 9.17) is 8.83 Å². The lowest BCUT2D eigenvalue weighted by Crippen LogP contribution is -2.31. The van der Waals surface area contributed by atoms with Crippen LogP contribution in [-0.4, -0.2) is 35.7 Å². The molecule has 4 aromatic heterocycles. The molecule has 172 valence electrons. The third kappa shape index (κ3) is 4.15. The molecule has 0 saturated carbocycles. The molecule has 5 aromatic rings. The van der Waals surface area contributed by atoms with Crippen LogP contribution in [-0.2, 0) is 24.4 Å². The van der Waals surface area contributed by atoms with Crippen molar-refractivity contribution in [2.75, 3.05) is 5.75 Å². The van der Waals surface area contributed by atoms with E-state index in [1.54, 1.807) is 41.7 Å². The second kappa shape index (κ2) is 9.44. The Balaban J connectivity index is 1.45. The van der Waals surface area contributed by atoms with Crippen LogP contribution in [0.5, 0.6) is 0 Å². The Morgan fingerprint density at radius 2 is 1.74 bits per heavy atom. The minimum Gasteiger partial charge on any atom is -0.467 e. The maximum Gasteiger partial charge on any atom is 0.263 e. The maximum absolute atomic E-state index is 13.2. The van der Waals surface area contributed by atoms with Gasteiger partial charge < -0.3 is 13.7 Å². The molecule has 0 aliphatic carbocycles. The summed E-state index contributed by atoms with van der Waals surface area (Å²) in [6.07, 6.45) is 4.80. The largest absolute Gasteiger partial charge is 0.467 e. The van der Waals surface area contributed by atoms with Crippen LogP contribution < -0.4 is 5.56 Å². The molecule has 0 fully saturated rings. The molecule has 0 bridgehead atoms. The third-order valence-corrected chi connectivity index (χ3v) is 6.23. The van der Waals surface area contributed by atoms with Gasteiger partial charge in [0.2, 0.25) is 11.7 Å². The molecule has 0 N–H and O–H groups in total. The molecule has 5 rings (SSSR count). The number of benzene rings is 1. The number of allylic oxidation sites excluding steroid dienone is 1. The summed E-state index contributed by atoms with van der Waals surface area (Å²) in [4.78, 5) is 27.8. The van der Waals surface area contributed by atoms with E-state index in [1.165, 1.54) is 16.3 Å². The first kappa shape index (κ1) is 21.8. The quantitative estimate of drug-likeness (QED) is 0.237. The Labute approximate surface area is 198 Å². The molecule has 0 spiro atoms. The van der Waals surface area contributed by atoms with Crippen molar-refractivity contribution in [2.45, 2.75) is 24.8 Å². The second-order valence-corrected chi connectivity index (χ2v) is 8.48. The van der Waals surface area contributed by atoms with Crippen molar-refractivity contribution in [3.8, 4) is 0 Å². The average molecular weight is 476 g/mol. The van der Waals surface area contributed by atoms with Gasteiger partial charge in [-0.25, -0.2) is 0 Å². The molecule has 1 aromatic carbocycles. The smallest absolute Gasteiger partial charge is 0.263 e. The molecule has 0 radical (unpaired) electrons. The number of amides is 1. The highest BCUT2D eigenvalue weighted by atomic mass is 32.2. The van der Waals surface area contributed by atoms with Crippen LogP contribution in [0.2, 0.25) is 0 Å². The van der Waals surface area contributed by atoms with E-state index >= 15 is 0 Å². The van der Waals surface area contributed by atoms with E-state index in [1.807, 2.05) is 34.7 Å². The molecule has 0 saturated heterocycles. The zero-order chi connectivity index (χ0) is 23.5. The molecule has 4 heterocycles. The summed E-state index contributed by atoms with van der Waals surface area (Å²) in [5.74, 6) is 1.77. The fourth-order valence-corrected chi connectivity index (χ4v) is 4.59. The number of furan rings is 2. The normalized spacial score (nSPS) is 11.3. The van der Waals surface area contributed by atoms with Crippen LogP contribution >= 0.6 is 11.8 Å². The van der Waals surface area contributed by atoms with Crippen molar-refractivity contribution >= 4 is 34.3 Å². The molecule has 0 atom stereocenters. The van der Waals surface area contributed by atoms with Gasteiger partial charge >= 0.3 is 0 Å². The molecule has 10 heteroatoms. The predicted molar refractivity (Wildman–Crippen MR) is 127 cm³/mol. The van der Waals surface area contributed by atoms with Gasteiger partial charge in [-0.15, -0.1) is 16.8 Å². The Morgan fingerprint density at radius 1 is 1.03 bits per heavy atom. The first-order valence-corrected chi connectivity index (χ1v) is 11.6. The van der Waals surface area contributed by atoms with Gasteiger partial charge in [-0.3, -0.25) is 18.6 Å². The highest BCUT2D eigenvalue weighted by Gasteiger charge is 2.21. The summed E-state index contributed by atoms with van der Waals surface area (Å²) in [6, 6.07) is 14.5. The number of hydrogen-bond acceptors (Lipinski definition) is 7. The molecule has 0 aliphatic rings. The van der Waals surface area contributed by atoms with E-state index in [0.717, 1.165) is 0 Å². The van der Waals surface area contributed by atoms with Crippen molar-refractivity contribution < 1.29 is 13.6 Å². The van der Waals surface area contributed by atoms with Gasteiger partial charge in [0.15, 0.2) is 5.16 Å². The zero-order valence-electron chi connectivity index (χ0n) is 18.2. The highest BCUT2D eigenvalue weighted by molar-refractivity contribution is 7.99. The standard InChI is InChI=1S/C24H21N5O4S/c1-2-11-28-22(31)19-9-3-4-10-20(19)29-23(28)25-26-24(29)34-16-21(30)27(14-17-7-5-12-32-17)15-18-8-6-13-33-18/h2-10,12-13H,1,11,14-16H2. The Hall–Kier alpha value is -4.05. The number of fused-ring (bicyclic) bond motifs is 3. The summed E-state index contributed by atoms with van der Waals surface area (Å²) in [6.45, 7) is 4.67. The minimum absolute atomic E-state index is 0.113. The van der Waals surface area contributed by atoms with Crippen LogP contribution in [0.1, 0.15) is 11.5 Å². The Kier molecular flexibility index (Phi) is 6.05. The predicted octanol–water partition coefficient (Wildman–Crippen LogP) is 3.74. The van der Waals surface area contributed by atoms with Gasteiger partial charge in [-0.1, -0.05) is 30.0 Å². The molecule has 34 heavy (non-hydrogen) atoms. The first-order chi connectivity index (χ1) is 16.7.